The molecule has 0 aliphatic rings. The van der Waals surface area contributed by atoms with Gasteiger partial charge in [0, 0.05) is 6.20 Å². The first-order valence-electron chi connectivity index (χ1n) is 6.75. The molecule has 0 amide bonds. The molecule has 120 valence electrons. The summed E-state index contributed by atoms with van der Waals surface area (Å²) in [7, 11) is -3.56. The second kappa shape index (κ2) is 8.27. The fourth-order valence-electron chi connectivity index (χ4n) is 1.71. The van der Waals surface area contributed by atoms with Crippen LogP contribution in [-0.4, -0.2) is 26.6 Å². The van der Waals surface area contributed by atoms with Crippen LogP contribution in [0.3, 0.4) is 0 Å². The van der Waals surface area contributed by atoms with Gasteiger partial charge in [-0.2, -0.15) is 0 Å². The van der Waals surface area contributed by atoms with E-state index in [2.05, 4.69) is 21.5 Å². The molecule has 7 heteroatoms. The third-order valence-corrected chi connectivity index (χ3v) is 3.99. The molecular formula is C16H15FN2O3S. The zero-order valence-corrected chi connectivity index (χ0v) is 13.0. The van der Waals surface area contributed by atoms with Crippen LogP contribution in [0.25, 0.3) is 0 Å². The van der Waals surface area contributed by atoms with Gasteiger partial charge in [0.15, 0.2) is 0 Å². The van der Waals surface area contributed by atoms with Gasteiger partial charge in [-0.15, -0.1) is 0 Å². The highest BCUT2D eigenvalue weighted by atomic mass is 32.2. The van der Waals surface area contributed by atoms with E-state index in [1.54, 1.807) is 30.6 Å². The summed E-state index contributed by atoms with van der Waals surface area (Å²) in [5.74, 6) is 5.17. The lowest BCUT2D eigenvalue weighted by molar-refractivity contribution is 0.368. The maximum atomic E-state index is 13.0. The van der Waals surface area contributed by atoms with Crippen LogP contribution in [0.2, 0.25) is 0 Å². The van der Waals surface area contributed by atoms with E-state index >= 15 is 0 Å². The Bertz CT molecular complexity index is 799. The molecule has 0 aliphatic carbocycles. The molecule has 0 atom stereocenters. The van der Waals surface area contributed by atoms with Crippen molar-refractivity contribution in [3.05, 3.63) is 60.2 Å². The standard InChI is InChI=1S/C16H15FN2O3S/c17-15-6-3-5-14(11-15)13-23(20,21)19-9-1-2-10-22-16-7-4-8-18-12-16/h3-8,11-12,19H,9-10,13H2. The minimum absolute atomic E-state index is 0.0337. The van der Waals surface area contributed by atoms with Crippen LogP contribution in [0.4, 0.5) is 4.39 Å². The number of benzene rings is 1. The molecule has 1 aromatic carbocycles. The van der Waals surface area contributed by atoms with Gasteiger partial charge in [0.25, 0.3) is 0 Å². The van der Waals surface area contributed by atoms with E-state index in [9.17, 15) is 12.8 Å². The molecule has 2 rings (SSSR count). The smallest absolute Gasteiger partial charge is 0.216 e. The third kappa shape index (κ3) is 6.46. The van der Waals surface area contributed by atoms with Crippen molar-refractivity contribution < 1.29 is 17.5 Å². The summed E-state index contributed by atoms with van der Waals surface area (Å²) in [6.45, 7) is 0.103. The molecule has 0 radical (unpaired) electrons. The SMILES string of the molecule is O=S(=O)(Cc1cccc(F)c1)NCC#CCOc1cccnc1. The number of hydrogen-bond acceptors (Lipinski definition) is 4. The van der Waals surface area contributed by atoms with Crippen LogP contribution in [0.15, 0.2) is 48.8 Å². The molecule has 0 unspecified atom stereocenters. The van der Waals surface area contributed by atoms with Gasteiger partial charge in [0.1, 0.15) is 18.2 Å². The Morgan fingerprint density at radius 1 is 1.22 bits per heavy atom. The summed E-state index contributed by atoms with van der Waals surface area (Å²) >= 11 is 0. The van der Waals surface area contributed by atoms with Gasteiger partial charge in [-0.1, -0.05) is 24.0 Å². The van der Waals surface area contributed by atoms with Crippen molar-refractivity contribution in [1.29, 1.82) is 0 Å². The molecule has 0 aliphatic heterocycles. The summed E-state index contributed by atoms with van der Waals surface area (Å²) in [6, 6.07) is 8.95. The summed E-state index contributed by atoms with van der Waals surface area (Å²) in [4.78, 5) is 3.89. The van der Waals surface area contributed by atoms with Crippen LogP contribution in [0, 0.1) is 17.7 Å². The van der Waals surface area contributed by atoms with E-state index in [0.717, 1.165) is 0 Å². The van der Waals surface area contributed by atoms with Gasteiger partial charge in [0.05, 0.1) is 18.5 Å². The molecule has 0 saturated carbocycles. The van der Waals surface area contributed by atoms with Crippen LogP contribution >= 0.6 is 0 Å². The van der Waals surface area contributed by atoms with Crippen molar-refractivity contribution in [2.24, 2.45) is 0 Å². The predicted octanol–water partition coefficient (Wildman–Crippen LogP) is 1.72. The fourth-order valence-corrected chi connectivity index (χ4v) is 2.72. The van der Waals surface area contributed by atoms with Gasteiger partial charge in [0.2, 0.25) is 10.0 Å². The summed E-state index contributed by atoms with van der Waals surface area (Å²) in [5.41, 5.74) is 0.380. The number of sulfonamides is 1. The Morgan fingerprint density at radius 2 is 2.09 bits per heavy atom. The van der Waals surface area contributed by atoms with Crippen LogP contribution in [0.1, 0.15) is 5.56 Å². The molecule has 1 heterocycles. The van der Waals surface area contributed by atoms with Crippen LogP contribution < -0.4 is 9.46 Å². The van der Waals surface area contributed by atoms with Crippen molar-refractivity contribution in [2.75, 3.05) is 13.2 Å². The van der Waals surface area contributed by atoms with Crippen molar-refractivity contribution in [2.45, 2.75) is 5.75 Å². The number of hydrogen-bond donors (Lipinski definition) is 1. The van der Waals surface area contributed by atoms with E-state index in [1.165, 1.54) is 18.2 Å². The monoisotopic (exact) mass is 334 g/mol. The molecule has 2 aromatic rings. The number of nitrogens with one attached hydrogen (secondary N) is 1. The van der Waals surface area contributed by atoms with Gasteiger partial charge in [-0.05, 0) is 29.8 Å². The Kier molecular flexibility index (Phi) is 6.09. The quantitative estimate of drug-likeness (QED) is 0.817. The number of ether oxygens (including phenoxy) is 1. The summed E-state index contributed by atoms with van der Waals surface area (Å²) in [5, 5.41) is 0. The Labute approximate surface area is 134 Å². The highest BCUT2D eigenvalue weighted by molar-refractivity contribution is 7.88. The van der Waals surface area contributed by atoms with Crippen molar-refractivity contribution >= 4 is 10.0 Å². The lowest BCUT2D eigenvalue weighted by atomic mass is 10.2. The van der Waals surface area contributed by atoms with Gasteiger partial charge in [-0.3, -0.25) is 4.98 Å². The van der Waals surface area contributed by atoms with Gasteiger partial charge >= 0.3 is 0 Å². The molecular weight excluding hydrogens is 319 g/mol. The topological polar surface area (TPSA) is 68.3 Å². The Balaban J connectivity index is 1.76. The van der Waals surface area contributed by atoms with E-state index < -0.39 is 15.8 Å². The predicted molar refractivity (Wildman–Crippen MR) is 84.5 cm³/mol. The highest BCUT2D eigenvalue weighted by Crippen LogP contribution is 2.07. The Hall–Kier alpha value is -2.43. The van der Waals surface area contributed by atoms with Gasteiger partial charge < -0.3 is 4.74 Å². The maximum Gasteiger partial charge on any atom is 0.216 e. The second-order valence-corrected chi connectivity index (χ2v) is 6.35. The molecule has 1 N–H and O–H groups in total. The first-order valence-corrected chi connectivity index (χ1v) is 8.41. The minimum atomic E-state index is -3.56. The number of aromatic nitrogens is 1. The third-order valence-electron chi connectivity index (χ3n) is 2.70. The summed E-state index contributed by atoms with van der Waals surface area (Å²) in [6.07, 6.45) is 3.19. The van der Waals surface area contributed by atoms with E-state index in [1.807, 2.05) is 0 Å². The first kappa shape index (κ1) is 16.9. The van der Waals surface area contributed by atoms with Crippen molar-refractivity contribution in [3.63, 3.8) is 0 Å². The average molecular weight is 334 g/mol. The van der Waals surface area contributed by atoms with E-state index in [0.29, 0.717) is 11.3 Å². The van der Waals surface area contributed by atoms with E-state index in [-0.39, 0.29) is 18.9 Å². The van der Waals surface area contributed by atoms with Crippen molar-refractivity contribution in [3.8, 4) is 17.6 Å². The summed E-state index contributed by atoms with van der Waals surface area (Å²) < 4.78 is 44.3. The van der Waals surface area contributed by atoms with Gasteiger partial charge in [-0.25, -0.2) is 17.5 Å². The molecule has 1 aromatic heterocycles. The number of rotatable bonds is 6. The molecule has 0 bridgehead atoms. The van der Waals surface area contributed by atoms with E-state index in [4.69, 9.17) is 4.74 Å². The first-order chi connectivity index (χ1) is 11.1. The Morgan fingerprint density at radius 3 is 2.83 bits per heavy atom. The highest BCUT2D eigenvalue weighted by Gasteiger charge is 2.10. The van der Waals surface area contributed by atoms with Crippen LogP contribution in [-0.2, 0) is 15.8 Å². The number of nitrogens with zero attached hydrogens (tertiary/aromatic N) is 1. The average Bonchev–Trinajstić information content (AvgIpc) is 2.51. The zero-order chi connectivity index (χ0) is 16.5. The zero-order valence-electron chi connectivity index (χ0n) is 12.2. The van der Waals surface area contributed by atoms with Crippen molar-refractivity contribution in [1.82, 2.24) is 9.71 Å². The normalized spacial score (nSPS) is 10.7. The second-order valence-electron chi connectivity index (χ2n) is 4.54. The van der Waals surface area contributed by atoms with Crippen LogP contribution in [0.5, 0.6) is 5.75 Å². The maximum absolute atomic E-state index is 13.0. The molecule has 5 nitrogen and oxygen atoms in total. The lowest BCUT2D eigenvalue weighted by Gasteiger charge is -2.04. The largest absolute Gasteiger partial charge is 0.479 e. The number of halogens is 1. The molecule has 0 saturated heterocycles. The lowest BCUT2D eigenvalue weighted by Crippen LogP contribution is -2.25. The molecule has 0 spiro atoms. The molecule has 23 heavy (non-hydrogen) atoms. The molecule has 0 fully saturated rings. The minimum Gasteiger partial charge on any atom is -0.479 e. The fraction of sp³-hybridized carbons (Fsp3) is 0.188. The number of pyridine rings is 1.